The van der Waals surface area contributed by atoms with Gasteiger partial charge in [-0.25, -0.2) is 4.79 Å². The van der Waals surface area contributed by atoms with E-state index in [1.54, 1.807) is 25.3 Å². The van der Waals surface area contributed by atoms with Gasteiger partial charge < -0.3 is 19.9 Å². The van der Waals surface area contributed by atoms with Crippen molar-refractivity contribution >= 4 is 11.7 Å². The minimum absolute atomic E-state index is 0.104. The summed E-state index contributed by atoms with van der Waals surface area (Å²) >= 11 is 0. The summed E-state index contributed by atoms with van der Waals surface area (Å²) in [5.41, 5.74) is 6.59. The first kappa shape index (κ1) is 14.7. The Balaban J connectivity index is 2.06. The maximum absolute atomic E-state index is 12.2. The van der Waals surface area contributed by atoms with Gasteiger partial charge in [0.15, 0.2) is 0 Å². The molecule has 0 aliphatic heterocycles. The molecule has 0 radical (unpaired) electrons. The molecule has 0 aromatic heterocycles. The monoisotopic (exact) mass is 279 g/mol. The molecule has 5 heteroatoms. The highest BCUT2D eigenvalue weighted by molar-refractivity contribution is 5.93. The molecule has 0 amide bonds. The van der Waals surface area contributed by atoms with Crippen LogP contribution in [0.15, 0.2) is 18.2 Å². The Labute approximate surface area is 119 Å². The summed E-state index contributed by atoms with van der Waals surface area (Å²) in [5.74, 6) is 0.0826. The summed E-state index contributed by atoms with van der Waals surface area (Å²) in [6.45, 7) is 0. The van der Waals surface area contributed by atoms with Crippen molar-refractivity contribution in [3.63, 3.8) is 0 Å². The number of nitrogens with two attached hydrogens (primary N) is 1. The molecule has 5 nitrogen and oxygen atoms in total. The standard InChI is InChI=1S/C15H21NO4/c1-18-11-4-3-5-12(9-11)20-15(17)13-8-10(16)6-7-14(13)19-2/h6-8,11-12H,3-5,9,16H2,1-2H3. The van der Waals surface area contributed by atoms with Gasteiger partial charge in [0.2, 0.25) is 0 Å². The number of hydrogen-bond donors (Lipinski definition) is 1. The van der Waals surface area contributed by atoms with Crippen molar-refractivity contribution in [1.82, 2.24) is 0 Å². The molecule has 2 N–H and O–H groups in total. The van der Waals surface area contributed by atoms with Gasteiger partial charge in [0.1, 0.15) is 17.4 Å². The highest BCUT2D eigenvalue weighted by Crippen LogP contribution is 2.27. The zero-order valence-electron chi connectivity index (χ0n) is 11.9. The number of methoxy groups -OCH3 is 2. The van der Waals surface area contributed by atoms with Gasteiger partial charge in [-0.15, -0.1) is 0 Å². The van der Waals surface area contributed by atoms with Gasteiger partial charge in [-0.05, 0) is 37.5 Å². The van der Waals surface area contributed by atoms with Gasteiger partial charge in [0.25, 0.3) is 0 Å². The molecule has 0 saturated heterocycles. The predicted molar refractivity (Wildman–Crippen MR) is 75.9 cm³/mol. The number of nitrogen functional groups attached to an aromatic ring is 1. The number of esters is 1. The molecule has 2 atom stereocenters. The van der Waals surface area contributed by atoms with Gasteiger partial charge in [0, 0.05) is 19.2 Å². The second kappa shape index (κ2) is 6.61. The molecule has 110 valence electrons. The molecule has 1 fully saturated rings. The number of carbonyl (C=O) groups excluding carboxylic acids is 1. The van der Waals surface area contributed by atoms with E-state index in [1.807, 2.05) is 0 Å². The van der Waals surface area contributed by atoms with Crippen LogP contribution >= 0.6 is 0 Å². The lowest BCUT2D eigenvalue weighted by molar-refractivity contribution is -0.0150. The quantitative estimate of drug-likeness (QED) is 0.677. The summed E-state index contributed by atoms with van der Waals surface area (Å²) in [5, 5.41) is 0. The predicted octanol–water partition coefficient (Wildman–Crippen LogP) is 2.39. The fourth-order valence-electron chi connectivity index (χ4n) is 2.52. The third-order valence-electron chi connectivity index (χ3n) is 3.63. The zero-order valence-corrected chi connectivity index (χ0v) is 11.9. The number of benzene rings is 1. The largest absolute Gasteiger partial charge is 0.496 e. The normalized spacial score (nSPS) is 22.3. The van der Waals surface area contributed by atoms with E-state index in [1.165, 1.54) is 7.11 Å². The minimum atomic E-state index is -0.393. The van der Waals surface area contributed by atoms with E-state index in [9.17, 15) is 4.79 Å². The van der Waals surface area contributed by atoms with Crippen molar-refractivity contribution in [2.75, 3.05) is 20.0 Å². The first-order chi connectivity index (χ1) is 9.63. The number of rotatable bonds is 4. The first-order valence-electron chi connectivity index (χ1n) is 6.81. The first-order valence-corrected chi connectivity index (χ1v) is 6.81. The maximum Gasteiger partial charge on any atom is 0.342 e. The summed E-state index contributed by atoms with van der Waals surface area (Å²) < 4.78 is 16.1. The summed E-state index contributed by atoms with van der Waals surface area (Å²) in [7, 11) is 3.21. The van der Waals surface area contributed by atoms with Crippen LogP contribution in [0.1, 0.15) is 36.0 Å². The van der Waals surface area contributed by atoms with E-state index in [4.69, 9.17) is 19.9 Å². The second-order valence-corrected chi connectivity index (χ2v) is 5.01. The van der Waals surface area contributed by atoms with Crippen molar-refractivity contribution in [2.24, 2.45) is 0 Å². The van der Waals surface area contributed by atoms with Crippen LogP contribution in [0.2, 0.25) is 0 Å². The molecule has 1 aliphatic carbocycles. The molecule has 2 rings (SSSR count). The molecule has 20 heavy (non-hydrogen) atoms. The van der Waals surface area contributed by atoms with Crippen molar-refractivity contribution in [3.05, 3.63) is 23.8 Å². The maximum atomic E-state index is 12.2. The third kappa shape index (κ3) is 3.42. The molecule has 1 aliphatic rings. The molecule has 2 unspecified atom stereocenters. The van der Waals surface area contributed by atoms with Crippen LogP contribution in [0.5, 0.6) is 5.75 Å². The fraction of sp³-hybridized carbons (Fsp3) is 0.533. The van der Waals surface area contributed by atoms with Crippen LogP contribution in [0.3, 0.4) is 0 Å². The summed E-state index contributed by atoms with van der Waals surface area (Å²) in [6.07, 6.45) is 3.70. The van der Waals surface area contributed by atoms with Gasteiger partial charge in [-0.2, -0.15) is 0 Å². The average molecular weight is 279 g/mol. The Bertz CT molecular complexity index is 475. The third-order valence-corrected chi connectivity index (χ3v) is 3.63. The highest BCUT2D eigenvalue weighted by Gasteiger charge is 2.26. The smallest absolute Gasteiger partial charge is 0.342 e. The Morgan fingerprint density at radius 3 is 2.70 bits per heavy atom. The van der Waals surface area contributed by atoms with Crippen molar-refractivity contribution in [1.29, 1.82) is 0 Å². The minimum Gasteiger partial charge on any atom is -0.496 e. The van der Waals surface area contributed by atoms with Crippen LogP contribution in [-0.4, -0.2) is 32.4 Å². The highest BCUT2D eigenvalue weighted by atomic mass is 16.5. The summed E-state index contributed by atoms with van der Waals surface area (Å²) in [4.78, 5) is 12.2. The van der Waals surface area contributed by atoms with Gasteiger partial charge in [0.05, 0.1) is 13.2 Å². The lowest BCUT2D eigenvalue weighted by Gasteiger charge is -2.28. The number of carbonyl (C=O) groups is 1. The molecular weight excluding hydrogens is 258 g/mol. The van der Waals surface area contributed by atoms with Crippen molar-refractivity contribution in [3.8, 4) is 5.75 Å². The van der Waals surface area contributed by atoms with E-state index in [0.29, 0.717) is 17.0 Å². The van der Waals surface area contributed by atoms with E-state index < -0.39 is 5.97 Å². The number of anilines is 1. The SMILES string of the molecule is COc1ccc(N)cc1C(=O)OC1CCCC(OC)C1. The molecule has 1 saturated carbocycles. The Morgan fingerprint density at radius 2 is 2.00 bits per heavy atom. The van der Waals surface area contributed by atoms with Gasteiger partial charge in [-0.3, -0.25) is 0 Å². The molecule has 0 spiro atoms. The molecule has 1 aromatic carbocycles. The van der Waals surface area contributed by atoms with Crippen LogP contribution in [-0.2, 0) is 9.47 Å². The topological polar surface area (TPSA) is 70.8 Å². The lowest BCUT2D eigenvalue weighted by atomic mass is 9.95. The Morgan fingerprint density at radius 1 is 1.25 bits per heavy atom. The van der Waals surface area contributed by atoms with Gasteiger partial charge in [-0.1, -0.05) is 0 Å². The number of hydrogen-bond acceptors (Lipinski definition) is 5. The van der Waals surface area contributed by atoms with Crippen LogP contribution < -0.4 is 10.5 Å². The molecule has 0 heterocycles. The van der Waals surface area contributed by atoms with E-state index in [-0.39, 0.29) is 12.2 Å². The lowest BCUT2D eigenvalue weighted by Crippen LogP contribution is -2.29. The van der Waals surface area contributed by atoms with Crippen molar-refractivity contribution < 1.29 is 19.0 Å². The fourth-order valence-corrected chi connectivity index (χ4v) is 2.52. The van der Waals surface area contributed by atoms with Crippen molar-refractivity contribution in [2.45, 2.75) is 37.9 Å². The van der Waals surface area contributed by atoms with Crippen LogP contribution in [0, 0.1) is 0 Å². The molecule has 0 bridgehead atoms. The zero-order chi connectivity index (χ0) is 14.5. The Hall–Kier alpha value is -1.75. The van der Waals surface area contributed by atoms with E-state index >= 15 is 0 Å². The van der Waals surface area contributed by atoms with E-state index in [2.05, 4.69) is 0 Å². The number of ether oxygens (including phenoxy) is 3. The van der Waals surface area contributed by atoms with Crippen LogP contribution in [0.4, 0.5) is 5.69 Å². The Kier molecular flexibility index (Phi) is 4.84. The van der Waals surface area contributed by atoms with Crippen LogP contribution in [0.25, 0.3) is 0 Å². The summed E-state index contributed by atoms with van der Waals surface area (Å²) in [6, 6.07) is 4.94. The van der Waals surface area contributed by atoms with Gasteiger partial charge >= 0.3 is 5.97 Å². The van der Waals surface area contributed by atoms with E-state index in [0.717, 1.165) is 25.7 Å². The molecule has 1 aromatic rings. The average Bonchev–Trinajstić information content (AvgIpc) is 2.47. The molecular formula is C15H21NO4. The second-order valence-electron chi connectivity index (χ2n) is 5.01.